The summed E-state index contributed by atoms with van der Waals surface area (Å²) in [6.07, 6.45) is 8.87. The lowest BCUT2D eigenvalue weighted by Gasteiger charge is -2.41. The first kappa shape index (κ1) is 26.8. The van der Waals surface area contributed by atoms with E-state index in [1.165, 1.54) is 23.6 Å². The Morgan fingerprint density at radius 1 is 1.17 bits per heavy atom. The number of aliphatic hydroxyl groups is 1. The van der Waals surface area contributed by atoms with Crippen molar-refractivity contribution < 1.29 is 22.3 Å². The van der Waals surface area contributed by atoms with Gasteiger partial charge in [-0.3, -0.25) is 9.98 Å². The van der Waals surface area contributed by atoms with Crippen LogP contribution in [0.5, 0.6) is 0 Å². The van der Waals surface area contributed by atoms with Gasteiger partial charge in [0.05, 0.1) is 23.1 Å². The van der Waals surface area contributed by atoms with Crippen molar-refractivity contribution in [2.24, 2.45) is 16.8 Å². The third-order valence-electron chi connectivity index (χ3n) is 8.83. The summed E-state index contributed by atoms with van der Waals surface area (Å²) in [6, 6.07) is 4.74. The predicted octanol–water partition coefficient (Wildman–Crippen LogP) is 3.37. The van der Waals surface area contributed by atoms with Crippen LogP contribution in [0.25, 0.3) is 5.57 Å². The highest BCUT2D eigenvalue weighted by atomic mass is 32.2. The number of aliphatic imine (C=N–C) groups is 1. The molecular weight excluding hydrogens is 572 g/mol. The highest BCUT2D eigenvalue weighted by Gasteiger charge is 2.55. The number of amidine groups is 1. The number of rotatable bonds is 7. The Morgan fingerprint density at radius 3 is 2.63 bits per heavy atom. The van der Waals surface area contributed by atoms with Crippen molar-refractivity contribution in [3.8, 4) is 0 Å². The van der Waals surface area contributed by atoms with E-state index in [0.29, 0.717) is 52.6 Å². The van der Waals surface area contributed by atoms with Crippen LogP contribution < -0.4 is 4.72 Å². The number of halogens is 2. The number of hydrogen-bond acceptors (Lipinski definition) is 9. The molecule has 2 N–H and O–H groups in total. The highest BCUT2D eigenvalue weighted by molar-refractivity contribution is 7.90. The summed E-state index contributed by atoms with van der Waals surface area (Å²) in [6.45, 7) is -2.18. The van der Waals surface area contributed by atoms with Crippen molar-refractivity contribution in [2.75, 3.05) is 13.1 Å². The van der Waals surface area contributed by atoms with Gasteiger partial charge >= 0.3 is 6.55 Å². The van der Waals surface area contributed by atoms with Crippen LogP contribution in [0.3, 0.4) is 0 Å². The summed E-state index contributed by atoms with van der Waals surface area (Å²) < 4.78 is 57.9. The van der Waals surface area contributed by atoms with Gasteiger partial charge < -0.3 is 10.0 Å². The summed E-state index contributed by atoms with van der Waals surface area (Å²) in [5, 5.41) is 17.5. The molecule has 3 fully saturated rings. The second-order valence-electron chi connectivity index (χ2n) is 11.3. The molecular formula is C27H29F2N7O3S2. The largest absolute Gasteiger partial charge is 0.385 e. The van der Waals surface area contributed by atoms with Crippen LogP contribution in [0.1, 0.15) is 54.9 Å². The van der Waals surface area contributed by atoms with Crippen molar-refractivity contribution in [3.05, 3.63) is 70.3 Å². The van der Waals surface area contributed by atoms with Gasteiger partial charge in [-0.1, -0.05) is 6.07 Å². The number of pyridine rings is 1. The van der Waals surface area contributed by atoms with Crippen molar-refractivity contribution in [1.29, 1.82) is 0 Å². The molecule has 1 saturated heterocycles. The normalized spacial score (nSPS) is 29.8. The third kappa shape index (κ3) is 4.70. The molecule has 4 aliphatic rings. The summed E-state index contributed by atoms with van der Waals surface area (Å²) in [5.41, 5.74) is 1.56. The van der Waals surface area contributed by atoms with Gasteiger partial charge in [0.1, 0.15) is 0 Å². The fourth-order valence-electron chi connectivity index (χ4n) is 7.22. The Hall–Kier alpha value is -3.07. The molecule has 2 aliphatic carbocycles. The smallest absolute Gasteiger partial charge is 0.333 e. The molecule has 2 saturated carbocycles. The van der Waals surface area contributed by atoms with Gasteiger partial charge in [-0.2, -0.15) is 13.9 Å². The Balaban J connectivity index is 1.15. The minimum absolute atomic E-state index is 0.166. The summed E-state index contributed by atoms with van der Waals surface area (Å²) in [4.78, 5) is 15.2. The molecule has 2 bridgehead atoms. The molecule has 3 aromatic rings. The van der Waals surface area contributed by atoms with E-state index < -0.39 is 33.5 Å². The number of fused-ring (bicyclic) bond motifs is 3. The molecule has 41 heavy (non-hydrogen) atoms. The van der Waals surface area contributed by atoms with Gasteiger partial charge in [0.15, 0.2) is 10.8 Å². The van der Waals surface area contributed by atoms with Crippen LogP contribution in [-0.2, 0) is 15.6 Å². The standard InChI is InChI=1S/C27H29F2N7O3S2/c28-26(29)36-8-5-21(33-36)20-14-32-24(25-31-7-9-40-25)35-15-19(10-22(20)35)34-41(38,39)23-16-3-4-17(23)12-27(37,11-16)18-2-1-6-30-13-18/h1-2,5-9,13,16-17,19,23,26,34,37H,3-4,10-12,14-15H2. The number of nitrogens with one attached hydrogen (secondary N) is 1. The van der Waals surface area contributed by atoms with Crippen LogP contribution in [-0.4, -0.2) is 68.4 Å². The zero-order valence-corrected chi connectivity index (χ0v) is 23.6. The van der Waals surface area contributed by atoms with Gasteiger partial charge in [-0.15, -0.1) is 11.3 Å². The molecule has 14 heteroatoms. The average Bonchev–Trinajstić information content (AvgIpc) is 3.75. The lowest BCUT2D eigenvalue weighted by atomic mass is 9.74. The van der Waals surface area contributed by atoms with E-state index in [1.807, 2.05) is 16.3 Å². The maximum absolute atomic E-state index is 13.9. The van der Waals surface area contributed by atoms with E-state index >= 15 is 0 Å². The quantitative estimate of drug-likeness (QED) is 0.425. The molecule has 0 aromatic carbocycles. The molecule has 2 aliphatic heterocycles. The number of sulfonamides is 1. The Labute approximate surface area is 239 Å². The van der Waals surface area contributed by atoms with Crippen LogP contribution in [0, 0.1) is 11.8 Å². The lowest BCUT2D eigenvalue weighted by Crippen LogP contribution is -2.50. The Morgan fingerprint density at radius 2 is 1.98 bits per heavy atom. The second kappa shape index (κ2) is 10.0. The number of nitrogens with zero attached hydrogens (tertiary/aromatic N) is 6. The molecule has 3 aromatic heterocycles. The van der Waals surface area contributed by atoms with Crippen molar-refractivity contribution >= 4 is 32.8 Å². The number of thiazole rings is 1. The third-order valence-corrected chi connectivity index (χ3v) is 11.7. The van der Waals surface area contributed by atoms with Crippen LogP contribution in [0.4, 0.5) is 8.78 Å². The maximum atomic E-state index is 13.9. The molecule has 0 radical (unpaired) electrons. The average molecular weight is 602 g/mol. The molecule has 0 amide bonds. The van der Waals surface area contributed by atoms with Crippen molar-refractivity contribution in [2.45, 2.75) is 55.5 Å². The SMILES string of the molecule is O=S(=O)(NC1CC2=C(c3ccn(C(F)F)n3)CN=C(c3nccs3)N2C1)C1C2CCC1CC(O)(c1cccnc1)C2. The van der Waals surface area contributed by atoms with E-state index in [-0.39, 0.29) is 18.4 Å². The molecule has 7 rings (SSSR count). The zero-order valence-electron chi connectivity index (χ0n) is 22.0. The molecule has 10 nitrogen and oxygen atoms in total. The van der Waals surface area contributed by atoms with E-state index in [0.717, 1.165) is 24.1 Å². The highest BCUT2D eigenvalue weighted by Crippen LogP contribution is 2.53. The Bertz CT molecular complexity index is 1590. The number of hydrogen-bond donors (Lipinski definition) is 2. The van der Waals surface area contributed by atoms with Gasteiger partial charge in [-0.05, 0) is 49.7 Å². The second-order valence-corrected chi connectivity index (χ2v) is 14.0. The topological polar surface area (TPSA) is 126 Å². The zero-order chi connectivity index (χ0) is 28.4. The minimum atomic E-state index is -3.74. The predicted molar refractivity (Wildman–Crippen MR) is 148 cm³/mol. The van der Waals surface area contributed by atoms with Gasteiger partial charge in [0.2, 0.25) is 10.0 Å². The molecule has 216 valence electrons. The first-order chi connectivity index (χ1) is 19.7. The number of aromatic nitrogens is 4. The van der Waals surface area contributed by atoms with Crippen molar-refractivity contribution in [1.82, 2.24) is 29.4 Å². The maximum Gasteiger partial charge on any atom is 0.333 e. The minimum Gasteiger partial charge on any atom is -0.385 e. The molecule has 3 atom stereocenters. The lowest BCUT2D eigenvalue weighted by molar-refractivity contribution is -0.0244. The van der Waals surface area contributed by atoms with Crippen LogP contribution >= 0.6 is 11.3 Å². The summed E-state index contributed by atoms with van der Waals surface area (Å²) in [7, 11) is -3.74. The van der Waals surface area contributed by atoms with Gasteiger partial charge in [0.25, 0.3) is 0 Å². The Kier molecular flexibility index (Phi) is 6.56. The van der Waals surface area contributed by atoms with Crippen molar-refractivity contribution in [3.63, 3.8) is 0 Å². The number of alkyl halides is 2. The van der Waals surface area contributed by atoms with E-state index in [2.05, 4.69) is 19.8 Å². The van der Waals surface area contributed by atoms with Gasteiger partial charge in [0, 0.05) is 66.0 Å². The monoisotopic (exact) mass is 601 g/mol. The van der Waals surface area contributed by atoms with Crippen LogP contribution in [0.15, 0.2) is 59.1 Å². The van der Waals surface area contributed by atoms with E-state index in [4.69, 9.17) is 4.99 Å². The van der Waals surface area contributed by atoms with E-state index in [1.54, 1.807) is 24.7 Å². The fourth-order valence-corrected chi connectivity index (χ4v) is 10.1. The fraction of sp³-hybridized carbons (Fsp3) is 0.481. The van der Waals surface area contributed by atoms with Gasteiger partial charge in [-0.25, -0.2) is 22.8 Å². The first-order valence-electron chi connectivity index (χ1n) is 13.6. The van der Waals surface area contributed by atoms with E-state index in [9.17, 15) is 22.3 Å². The first-order valence-corrected chi connectivity index (χ1v) is 16.1. The molecule has 0 spiro atoms. The molecule has 3 unspecified atom stereocenters. The summed E-state index contributed by atoms with van der Waals surface area (Å²) in [5.74, 6) is 0.315. The molecule has 5 heterocycles. The van der Waals surface area contributed by atoms with Crippen LogP contribution in [0.2, 0.25) is 0 Å². The summed E-state index contributed by atoms with van der Waals surface area (Å²) >= 11 is 1.44.